The van der Waals surface area contributed by atoms with Crippen LogP contribution in [0.15, 0.2) is 48.8 Å². The predicted octanol–water partition coefficient (Wildman–Crippen LogP) is 2.53. The van der Waals surface area contributed by atoms with Crippen molar-refractivity contribution >= 4 is 0 Å². The third kappa shape index (κ3) is 2.74. The largest absolute Gasteiger partial charge is 0.372 e. The third-order valence-electron chi connectivity index (χ3n) is 3.95. The van der Waals surface area contributed by atoms with E-state index >= 15 is 0 Å². The molecule has 0 aliphatic carbocycles. The fourth-order valence-corrected chi connectivity index (χ4v) is 2.89. The summed E-state index contributed by atoms with van der Waals surface area (Å²) in [5.41, 5.74) is 3.97. The van der Waals surface area contributed by atoms with Gasteiger partial charge < -0.3 is 10.1 Å². The molecule has 3 nitrogen and oxygen atoms in total. The maximum atomic E-state index is 6.05. The van der Waals surface area contributed by atoms with Gasteiger partial charge in [0.15, 0.2) is 0 Å². The molecule has 0 bridgehead atoms. The van der Waals surface area contributed by atoms with Crippen LogP contribution < -0.4 is 5.32 Å². The monoisotopic (exact) mass is 268 g/mol. The first kappa shape index (κ1) is 13.3. The van der Waals surface area contributed by atoms with Crippen molar-refractivity contribution in [1.82, 2.24) is 10.3 Å². The van der Waals surface area contributed by atoms with Crippen LogP contribution >= 0.6 is 0 Å². The first-order valence-electron chi connectivity index (χ1n) is 7.14. The quantitative estimate of drug-likeness (QED) is 0.925. The summed E-state index contributed by atoms with van der Waals surface area (Å²) in [4.78, 5) is 4.19. The molecule has 20 heavy (non-hydrogen) atoms. The molecule has 0 amide bonds. The molecule has 1 aliphatic rings. The molecule has 0 saturated carbocycles. The Kier molecular flexibility index (Phi) is 4.09. The second-order valence-electron chi connectivity index (χ2n) is 5.20. The van der Waals surface area contributed by atoms with E-state index in [1.54, 1.807) is 0 Å². The summed E-state index contributed by atoms with van der Waals surface area (Å²) in [6.07, 6.45) is 5.79. The van der Waals surface area contributed by atoms with Crippen LogP contribution in [0.1, 0.15) is 22.8 Å². The van der Waals surface area contributed by atoms with E-state index in [1.165, 1.54) is 16.7 Å². The number of rotatable bonds is 4. The average Bonchev–Trinajstić information content (AvgIpc) is 2.53. The normalized spacial score (nSPS) is 19.4. The van der Waals surface area contributed by atoms with Gasteiger partial charge in [-0.2, -0.15) is 0 Å². The predicted molar refractivity (Wildman–Crippen MR) is 79.6 cm³/mol. The first-order chi connectivity index (χ1) is 9.88. The summed E-state index contributed by atoms with van der Waals surface area (Å²) in [6.45, 7) is 0.799. The molecule has 104 valence electrons. The number of benzene rings is 1. The fourth-order valence-electron chi connectivity index (χ4n) is 2.89. The molecule has 1 aromatic heterocycles. The zero-order chi connectivity index (χ0) is 13.8. The van der Waals surface area contributed by atoms with E-state index in [0.717, 1.165) is 19.4 Å². The number of nitrogens with one attached hydrogen (secondary N) is 1. The van der Waals surface area contributed by atoms with Gasteiger partial charge in [0.05, 0.1) is 12.7 Å². The lowest BCUT2D eigenvalue weighted by atomic mass is 9.90. The summed E-state index contributed by atoms with van der Waals surface area (Å²) in [7, 11) is 2.00. The number of pyridine rings is 1. The van der Waals surface area contributed by atoms with Gasteiger partial charge in [-0.15, -0.1) is 0 Å². The van der Waals surface area contributed by atoms with E-state index in [4.69, 9.17) is 4.74 Å². The average molecular weight is 268 g/mol. The summed E-state index contributed by atoms with van der Waals surface area (Å²) in [6, 6.07) is 13.0. The van der Waals surface area contributed by atoms with Gasteiger partial charge in [0.25, 0.3) is 0 Å². The van der Waals surface area contributed by atoms with E-state index < -0.39 is 0 Å². The number of nitrogens with zero attached hydrogens (tertiary/aromatic N) is 1. The van der Waals surface area contributed by atoms with Crippen molar-refractivity contribution in [2.45, 2.75) is 25.0 Å². The molecule has 2 aromatic rings. The Morgan fingerprint density at radius 1 is 1.30 bits per heavy atom. The van der Waals surface area contributed by atoms with Crippen molar-refractivity contribution in [2.24, 2.45) is 0 Å². The summed E-state index contributed by atoms with van der Waals surface area (Å²) in [5, 5.41) is 3.41. The molecule has 2 atom stereocenters. The molecule has 3 heteroatoms. The van der Waals surface area contributed by atoms with Gasteiger partial charge in [0.2, 0.25) is 0 Å². The van der Waals surface area contributed by atoms with Crippen molar-refractivity contribution in [2.75, 3.05) is 13.7 Å². The molecule has 0 saturated heterocycles. The highest BCUT2D eigenvalue weighted by atomic mass is 16.5. The number of hydrogen-bond donors (Lipinski definition) is 1. The van der Waals surface area contributed by atoms with Gasteiger partial charge in [-0.05, 0) is 42.6 Å². The molecule has 1 N–H and O–H groups in total. The van der Waals surface area contributed by atoms with Crippen LogP contribution in [0.5, 0.6) is 0 Å². The lowest BCUT2D eigenvalue weighted by Gasteiger charge is -2.32. The SMILES string of the molecule is CNC(Cc1cccnc1)C1OCCc2ccccc21. The van der Waals surface area contributed by atoms with Gasteiger partial charge >= 0.3 is 0 Å². The Morgan fingerprint density at radius 2 is 2.20 bits per heavy atom. The second kappa shape index (κ2) is 6.16. The highest BCUT2D eigenvalue weighted by Gasteiger charge is 2.27. The maximum Gasteiger partial charge on any atom is 0.0983 e. The number of hydrogen-bond acceptors (Lipinski definition) is 3. The molecule has 2 heterocycles. The van der Waals surface area contributed by atoms with Crippen LogP contribution in [0.3, 0.4) is 0 Å². The van der Waals surface area contributed by atoms with E-state index in [1.807, 2.05) is 25.5 Å². The summed E-state index contributed by atoms with van der Waals surface area (Å²) in [5.74, 6) is 0. The first-order valence-corrected chi connectivity index (χ1v) is 7.14. The minimum atomic E-state index is 0.116. The third-order valence-corrected chi connectivity index (χ3v) is 3.95. The molecule has 1 aromatic carbocycles. The van der Waals surface area contributed by atoms with E-state index in [0.29, 0.717) is 0 Å². The van der Waals surface area contributed by atoms with Crippen molar-refractivity contribution < 1.29 is 4.74 Å². The summed E-state index contributed by atoms with van der Waals surface area (Å²) < 4.78 is 6.05. The zero-order valence-corrected chi connectivity index (χ0v) is 11.8. The van der Waals surface area contributed by atoms with Crippen molar-refractivity contribution in [3.8, 4) is 0 Å². The number of likely N-dealkylation sites (N-methyl/N-ethyl adjacent to an activating group) is 1. The van der Waals surface area contributed by atoms with Crippen molar-refractivity contribution in [1.29, 1.82) is 0 Å². The van der Waals surface area contributed by atoms with Crippen LogP contribution in [0.25, 0.3) is 0 Å². The lowest BCUT2D eigenvalue weighted by Crippen LogP contribution is -2.38. The summed E-state index contributed by atoms with van der Waals surface area (Å²) >= 11 is 0. The van der Waals surface area contributed by atoms with Gasteiger partial charge in [0, 0.05) is 18.4 Å². The molecular formula is C17H20N2O. The highest BCUT2D eigenvalue weighted by molar-refractivity contribution is 5.32. The number of ether oxygens (including phenoxy) is 1. The zero-order valence-electron chi connectivity index (χ0n) is 11.8. The molecule has 0 spiro atoms. The van der Waals surface area contributed by atoms with Crippen LogP contribution in [0.4, 0.5) is 0 Å². The lowest BCUT2D eigenvalue weighted by molar-refractivity contribution is 0.0172. The van der Waals surface area contributed by atoms with Crippen LogP contribution in [-0.2, 0) is 17.6 Å². The maximum absolute atomic E-state index is 6.05. The topological polar surface area (TPSA) is 34.2 Å². The molecular weight excluding hydrogens is 248 g/mol. The van der Waals surface area contributed by atoms with E-state index in [2.05, 4.69) is 40.6 Å². The van der Waals surface area contributed by atoms with E-state index in [9.17, 15) is 0 Å². The Bertz CT molecular complexity index is 556. The standard InChI is InChI=1S/C17H20N2O/c1-18-16(11-13-5-4-9-19-12-13)17-15-7-3-2-6-14(15)8-10-20-17/h2-7,9,12,16-18H,8,10-11H2,1H3. The van der Waals surface area contributed by atoms with Crippen LogP contribution in [-0.4, -0.2) is 24.7 Å². The molecule has 0 radical (unpaired) electrons. The Labute approximate surface area is 120 Å². The number of fused-ring (bicyclic) bond motifs is 1. The van der Waals surface area contributed by atoms with Crippen LogP contribution in [0, 0.1) is 0 Å². The molecule has 0 fully saturated rings. The van der Waals surface area contributed by atoms with Gasteiger partial charge in [0.1, 0.15) is 0 Å². The van der Waals surface area contributed by atoms with Gasteiger partial charge in [-0.1, -0.05) is 30.3 Å². The van der Waals surface area contributed by atoms with Crippen LogP contribution in [0.2, 0.25) is 0 Å². The van der Waals surface area contributed by atoms with Crippen molar-refractivity contribution in [3.63, 3.8) is 0 Å². The molecule has 1 aliphatic heterocycles. The van der Waals surface area contributed by atoms with E-state index in [-0.39, 0.29) is 12.1 Å². The Morgan fingerprint density at radius 3 is 3.00 bits per heavy atom. The Hall–Kier alpha value is -1.71. The highest BCUT2D eigenvalue weighted by Crippen LogP contribution is 2.30. The minimum Gasteiger partial charge on any atom is -0.372 e. The minimum absolute atomic E-state index is 0.116. The fraction of sp³-hybridized carbons (Fsp3) is 0.353. The second-order valence-corrected chi connectivity index (χ2v) is 5.20. The van der Waals surface area contributed by atoms with Gasteiger partial charge in [-0.25, -0.2) is 0 Å². The smallest absolute Gasteiger partial charge is 0.0983 e. The molecule has 2 unspecified atom stereocenters. The van der Waals surface area contributed by atoms with Crippen molar-refractivity contribution in [3.05, 3.63) is 65.5 Å². The Balaban J connectivity index is 1.84. The van der Waals surface area contributed by atoms with Gasteiger partial charge in [-0.3, -0.25) is 4.98 Å². The molecule has 3 rings (SSSR count). The number of aromatic nitrogens is 1.